The van der Waals surface area contributed by atoms with Gasteiger partial charge in [0.25, 0.3) is 0 Å². The van der Waals surface area contributed by atoms with Gasteiger partial charge in [-0.25, -0.2) is 8.42 Å². The Morgan fingerprint density at radius 1 is 1.32 bits per heavy atom. The first-order chi connectivity index (χ1) is 8.74. The van der Waals surface area contributed by atoms with Crippen molar-refractivity contribution in [3.63, 3.8) is 0 Å². The summed E-state index contributed by atoms with van der Waals surface area (Å²) in [6, 6.07) is 0.00831. The average molecular weight is 289 g/mol. The van der Waals surface area contributed by atoms with Gasteiger partial charge >= 0.3 is 5.97 Å². The normalized spacial score (nSPS) is 37.4. The van der Waals surface area contributed by atoms with Gasteiger partial charge in [0.1, 0.15) is 0 Å². The first-order valence-electron chi connectivity index (χ1n) is 6.90. The molecule has 5 nitrogen and oxygen atoms in total. The van der Waals surface area contributed by atoms with E-state index in [4.69, 9.17) is 0 Å². The fourth-order valence-corrected chi connectivity index (χ4v) is 5.03. The highest BCUT2D eigenvalue weighted by Gasteiger charge is 2.44. The Labute approximate surface area is 114 Å². The predicted octanol–water partition coefficient (Wildman–Crippen LogP) is 1.14. The monoisotopic (exact) mass is 289 g/mol. The number of piperidine rings is 1. The van der Waals surface area contributed by atoms with E-state index < -0.39 is 21.2 Å². The number of carboxylic acids is 1. The number of rotatable bonds is 3. The Morgan fingerprint density at radius 3 is 2.58 bits per heavy atom. The highest BCUT2D eigenvalue weighted by atomic mass is 32.2. The molecule has 3 unspecified atom stereocenters. The average Bonchev–Trinajstić information content (AvgIpc) is 2.77. The quantitative estimate of drug-likeness (QED) is 0.843. The second-order valence-electron chi connectivity index (χ2n) is 6.31. The molecule has 19 heavy (non-hydrogen) atoms. The highest BCUT2D eigenvalue weighted by molar-refractivity contribution is 7.91. The van der Waals surface area contributed by atoms with Gasteiger partial charge in [-0.2, -0.15) is 0 Å². The van der Waals surface area contributed by atoms with Crippen LogP contribution in [0.3, 0.4) is 0 Å². The molecular weight excluding hydrogens is 266 g/mol. The van der Waals surface area contributed by atoms with Crippen molar-refractivity contribution in [3.05, 3.63) is 0 Å². The highest BCUT2D eigenvalue weighted by Crippen LogP contribution is 2.36. The zero-order chi connectivity index (χ0) is 14.3. The van der Waals surface area contributed by atoms with E-state index in [2.05, 4.69) is 4.90 Å². The van der Waals surface area contributed by atoms with E-state index in [9.17, 15) is 18.3 Å². The standard InChI is InChI=1S/C13H23NO4S/c1-13(12(15)16)7-4-8-14(9-13)10-5-3-6-11(10)19(2,17)18/h10-11H,3-9H2,1-2H3,(H,15,16). The topological polar surface area (TPSA) is 74.7 Å². The summed E-state index contributed by atoms with van der Waals surface area (Å²) in [7, 11) is -3.05. The third-order valence-corrected chi connectivity index (χ3v) is 6.33. The Hall–Kier alpha value is -0.620. The largest absolute Gasteiger partial charge is 0.481 e. The summed E-state index contributed by atoms with van der Waals surface area (Å²) < 4.78 is 23.7. The lowest BCUT2D eigenvalue weighted by atomic mass is 9.81. The first kappa shape index (κ1) is 14.8. The lowest BCUT2D eigenvalue weighted by Gasteiger charge is -2.42. The number of aliphatic carboxylic acids is 1. The second-order valence-corrected chi connectivity index (χ2v) is 8.57. The van der Waals surface area contributed by atoms with Crippen molar-refractivity contribution < 1.29 is 18.3 Å². The lowest BCUT2D eigenvalue weighted by molar-refractivity contribution is -0.151. The third-order valence-electron chi connectivity index (χ3n) is 4.68. The van der Waals surface area contributed by atoms with Gasteiger partial charge in [0.05, 0.1) is 10.7 Å². The van der Waals surface area contributed by atoms with E-state index >= 15 is 0 Å². The Morgan fingerprint density at radius 2 is 2.00 bits per heavy atom. The minimum absolute atomic E-state index is 0.00831. The van der Waals surface area contributed by atoms with Crippen molar-refractivity contribution in [2.24, 2.45) is 5.41 Å². The van der Waals surface area contributed by atoms with Crippen LogP contribution in [0.5, 0.6) is 0 Å². The van der Waals surface area contributed by atoms with Crippen LogP contribution in [0.25, 0.3) is 0 Å². The van der Waals surface area contributed by atoms with E-state index in [0.29, 0.717) is 19.4 Å². The molecule has 0 aromatic carbocycles. The van der Waals surface area contributed by atoms with Crippen LogP contribution in [-0.4, -0.2) is 55.0 Å². The number of sulfone groups is 1. The van der Waals surface area contributed by atoms with Crippen LogP contribution >= 0.6 is 0 Å². The predicted molar refractivity (Wildman–Crippen MR) is 72.8 cm³/mol. The number of hydrogen-bond acceptors (Lipinski definition) is 4. The molecule has 0 aromatic heterocycles. The van der Waals surface area contributed by atoms with E-state index in [1.54, 1.807) is 6.92 Å². The minimum atomic E-state index is -3.05. The van der Waals surface area contributed by atoms with Crippen molar-refractivity contribution >= 4 is 15.8 Å². The number of likely N-dealkylation sites (tertiary alicyclic amines) is 1. The van der Waals surface area contributed by atoms with Gasteiger partial charge in [-0.15, -0.1) is 0 Å². The summed E-state index contributed by atoms with van der Waals surface area (Å²) in [6.07, 6.45) is 5.31. The van der Waals surface area contributed by atoms with E-state index in [0.717, 1.165) is 25.8 Å². The van der Waals surface area contributed by atoms with Crippen molar-refractivity contribution in [2.45, 2.75) is 50.3 Å². The molecule has 1 saturated heterocycles. The van der Waals surface area contributed by atoms with Crippen LogP contribution in [-0.2, 0) is 14.6 Å². The van der Waals surface area contributed by atoms with Gasteiger partial charge in [-0.1, -0.05) is 6.42 Å². The molecule has 2 aliphatic rings. The van der Waals surface area contributed by atoms with Gasteiger partial charge in [0.2, 0.25) is 0 Å². The molecule has 1 aliphatic heterocycles. The molecule has 2 rings (SSSR count). The SMILES string of the molecule is CC1(C(=O)O)CCCN(C2CCCC2S(C)(=O)=O)C1. The zero-order valence-electron chi connectivity index (χ0n) is 11.6. The molecule has 1 aliphatic carbocycles. The number of nitrogens with zero attached hydrogens (tertiary/aromatic N) is 1. The summed E-state index contributed by atoms with van der Waals surface area (Å²) in [5.41, 5.74) is -0.733. The maximum atomic E-state index is 11.8. The van der Waals surface area contributed by atoms with Crippen LogP contribution in [0.15, 0.2) is 0 Å². The van der Waals surface area contributed by atoms with Crippen LogP contribution in [0.1, 0.15) is 39.0 Å². The fraction of sp³-hybridized carbons (Fsp3) is 0.923. The van der Waals surface area contributed by atoms with Gasteiger partial charge in [0, 0.05) is 18.8 Å². The van der Waals surface area contributed by atoms with E-state index in [1.807, 2.05) is 0 Å². The molecule has 110 valence electrons. The molecule has 0 aromatic rings. The van der Waals surface area contributed by atoms with Crippen LogP contribution in [0.4, 0.5) is 0 Å². The molecule has 3 atom stereocenters. The fourth-order valence-electron chi connectivity index (χ4n) is 3.56. The number of hydrogen-bond donors (Lipinski definition) is 1. The van der Waals surface area contributed by atoms with E-state index in [1.165, 1.54) is 6.26 Å². The van der Waals surface area contributed by atoms with Gasteiger partial charge in [0.15, 0.2) is 9.84 Å². The Kier molecular flexibility index (Phi) is 3.93. The number of carboxylic acid groups (broad SMARTS) is 1. The van der Waals surface area contributed by atoms with Gasteiger partial charge in [-0.3, -0.25) is 9.69 Å². The Bertz CT molecular complexity index is 461. The first-order valence-corrected chi connectivity index (χ1v) is 8.86. The maximum absolute atomic E-state index is 11.8. The van der Waals surface area contributed by atoms with Crippen LogP contribution in [0.2, 0.25) is 0 Å². The molecule has 0 bridgehead atoms. The smallest absolute Gasteiger partial charge is 0.310 e. The molecule has 2 fully saturated rings. The van der Waals surface area contributed by atoms with Crippen molar-refractivity contribution in [3.8, 4) is 0 Å². The number of carbonyl (C=O) groups is 1. The Balaban J connectivity index is 2.15. The van der Waals surface area contributed by atoms with Crippen molar-refractivity contribution in [2.75, 3.05) is 19.3 Å². The zero-order valence-corrected chi connectivity index (χ0v) is 12.4. The van der Waals surface area contributed by atoms with Crippen LogP contribution < -0.4 is 0 Å². The van der Waals surface area contributed by atoms with Crippen molar-refractivity contribution in [1.82, 2.24) is 4.90 Å². The molecule has 1 N–H and O–H groups in total. The molecule has 0 amide bonds. The molecular formula is C13H23NO4S. The minimum Gasteiger partial charge on any atom is -0.481 e. The molecule has 1 saturated carbocycles. The van der Waals surface area contributed by atoms with E-state index in [-0.39, 0.29) is 11.3 Å². The summed E-state index contributed by atoms with van der Waals surface area (Å²) in [5, 5.41) is 9.02. The summed E-state index contributed by atoms with van der Waals surface area (Å²) in [4.78, 5) is 13.5. The second kappa shape index (κ2) is 5.05. The summed E-state index contributed by atoms with van der Waals surface area (Å²) in [5.74, 6) is -0.772. The molecule has 0 spiro atoms. The maximum Gasteiger partial charge on any atom is 0.310 e. The lowest BCUT2D eigenvalue weighted by Crippen LogP contribution is -2.53. The molecule has 6 heteroatoms. The molecule has 1 heterocycles. The third kappa shape index (κ3) is 2.94. The summed E-state index contributed by atoms with van der Waals surface area (Å²) in [6.45, 7) is 3.06. The van der Waals surface area contributed by atoms with Crippen molar-refractivity contribution in [1.29, 1.82) is 0 Å². The van der Waals surface area contributed by atoms with Gasteiger partial charge < -0.3 is 5.11 Å². The summed E-state index contributed by atoms with van der Waals surface area (Å²) >= 11 is 0. The molecule has 0 radical (unpaired) electrons. The van der Waals surface area contributed by atoms with Gasteiger partial charge in [-0.05, 0) is 39.2 Å². The van der Waals surface area contributed by atoms with Crippen LogP contribution in [0, 0.1) is 5.41 Å².